The zero-order valence-electron chi connectivity index (χ0n) is 7.18. The Morgan fingerprint density at radius 2 is 0.929 bits per heavy atom. The minimum absolute atomic E-state index is 0. The molecule has 0 radical (unpaired) electrons. The van der Waals surface area contributed by atoms with Gasteiger partial charge in [-0.15, -0.1) is 0 Å². The summed E-state index contributed by atoms with van der Waals surface area (Å²) >= 11 is 1.79. The quantitative estimate of drug-likeness (QED) is 0.661. The van der Waals surface area contributed by atoms with Crippen LogP contribution in [0.15, 0.2) is 70.5 Å². The van der Waals surface area contributed by atoms with Gasteiger partial charge in [-0.3, -0.25) is 0 Å². The number of benzene rings is 2. The molecule has 0 bridgehead atoms. The maximum atomic E-state index is 2.12. The van der Waals surface area contributed by atoms with Crippen molar-refractivity contribution in [1.82, 2.24) is 0 Å². The van der Waals surface area contributed by atoms with E-state index in [4.69, 9.17) is 0 Å². The zero-order valence-corrected chi connectivity index (χ0v) is 8.00. The number of hydrogen-bond acceptors (Lipinski definition) is 1. The second-order valence-electron chi connectivity index (χ2n) is 2.73. The van der Waals surface area contributed by atoms with Gasteiger partial charge in [-0.05, 0) is 24.3 Å². The fourth-order valence-electron chi connectivity index (χ4n) is 1.11. The third-order valence-electron chi connectivity index (χ3n) is 1.72. The smallest absolute Gasteiger partial charge is 0.0122 e. The van der Waals surface area contributed by atoms with Crippen LogP contribution in [0.4, 0.5) is 0 Å². The molecular formula is C12H11LiS. The molecule has 0 spiro atoms. The molecule has 0 atom stereocenters. The number of hydrogen-bond donors (Lipinski definition) is 0. The molecule has 2 aromatic carbocycles. The average Bonchev–Trinajstić information content (AvgIpc) is 2.21. The van der Waals surface area contributed by atoms with Crippen molar-refractivity contribution in [1.29, 1.82) is 0 Å². The molecule has 2 rings (SSSR count). The molecule has 0 heterocycles. The van der Waals surface area contributed by atoms with Gasteiger partial charge in [-0.2, -0.15) is 0 Å². The van der Waals surface area contributed by atoms with Crippen molar-refractivity contribution in [3.8, 4) is 0 Å². The minimum atomic E-state index is 0. The molecule has 0 amide bonds. The van der Waals surface area contributed by atoms with Gasteiger partial charge in [0.2, 0.25) is 0 Å². The Hall–Kier alpha value is -0.613. The van der Waals surface area contributed by atoms with Crippen LogP contribution in [-0.4, -0.2) is 18.9 Å². The molecular weight excluding hydrogens is 183 g/mol. The van der Waals surface area contributed by atoms with E-state index in [9.17, 15) is 0 Å². The van der Waals surface area contributed by atoms with Gasteiger partial charge < -0.3 is 0 Å². The Morgan fingerprint density at radius 1 is 0.571 bits per heavy atom. The fraction of sp³-hybridized carbons (Fsp3) is 0. The molecule has 0 fully saturated rings. The summed E-state index contributed by atoms with van der Waals surface area (Å²) in [5.41, 5.74) is 0. The standard InChI is InChI=1S/C12H10S.Li.H/c1-3-7-11(8-4-1)13-12-9-5-2-6-10-12;;/h1-10H;;. The summed E-state index contributed by atoms with van der Waals surface area (Å²) in [6.07, 6.45) is 0. The van der Waals surface area contributed by atoms with Crippen molar-refractivity contribution < 1.29 is 0 Å². The normalized spacial score (nSPS) is 9.14. The van der Waals surface area contributed by atoms with Gasteiger partial charge >= 0.3 is 18.9 Å². The van der Waals surface area contributed by atoms with Gasteiger partial charge in [0, 0.05) is 9.79 Å². The largest absolute Gasteiger partial charge is 0.0901 e. The summed E-state index contributed by atoms with van der Waals surface area (Å²) in [5.74, 6) is 0. The number of rotatable bonds is 2. The molecule has 0 unspecified atom stereocenters. The van der Waals surface area contributed by atoms with Gasteiger partial charge in [0.15, 0.2) is 0 Å². The fourth-order valence-corrected chi connectivity index (χ4v) is 1.97. The molecule has 2 heteroatoms. The first-order valence-electron chi connectivity index (χ1n) is 4.23. The Labute approximate surface area is 101 Å². The van der Waals surface area contributed by atoms with Crippen molar-refractivity contribution in [3.63, 3.8) is 0 Å². The minimum Gasteiger partial charge on any atom is -0.0901 e. The van der Waals surface area contributed by atoms with Crippen LogP contribution in [-0.2, 0) is 0 Å². The Balaban J connectivity index is 0.000000980. The average molecular weight is 194 g/mol. The van der Waals surface area contributed by atoms with Crippen LogP contribution in [0.3, 0.4) is 0 Å². The van der Waals surface area contributed by atoms with E-state index in [1.54, 1.807) is 11.8 Å². The van der Waals surface area contributed by atoms with Crippen LogP contribution in [0.1, 0.15) is 0 Å². The SMILES string of the molecule is [LiH].c1ccc(Sc2ccccc2)cc1. The summed E-state index contributed by atoms with van der Waals surface area (Å²) in [5, 5.41) is 0. The van der Waals surface area contributed by atoms with Gasteiger partial charge in [-0.25, -0.2) is 0 Å². The van der Waals surface area contributed by atoms with Gasteiger partial charge in [0.25, 0.3) is 0 Å². The van der Waals surface area contributed by atoms with E-state index in [0.29, 0.717) is 0 Å². The van der Waals surface area contributed by atoms with E-state index in [1.807, 2.05) is 12.1 Å². The Bertz CT molecular complexity index is 321. The third kappa shape index (κ3) is 3.27. The van der Waals surface area contributed by atoms with Crippen LogP contribution in [0, 0.1) is 0 Å². The monoisotopic (exact) mass is 194 g/mol. The summed E-state index contributed by atoms with van der Waals surface area (Å²) in [6.45, 7) is 0. The molecule has 0 N–H and O–H groups in total. The first-order chi connectivity index (χ1) is 6.45. The van der Waals surface area contributed by atoms with Crippen LogP contribution in [0.2, 0.25) is 0 Å². The van der Waals surface area contributed by atoms with E-state index in [1.165, 1.54) is 9.79 Å². The van der Waals surface area contributed by atoms with Gasteiger partial charge in [0.05, 0.1) is 0 Å². The van der Waals surface area contributed by atoms with E-state index >= 15 is 0 Å². The van der Waals surface area contributed by atoms with E-state index in [2.05, 4.69) is 48.5 Å². The summed E-state index contributed by atoms with van der Waals surface area (Å²) < 4.78 is 0. The first kappa shape index (κ1) is 11.5. The van der Waals surface area contributed by atoms with Crippen molar-refractivity contribution in [3.05, 3.63) is 60.7 Å². The third-order valence-corrected chi connectivity index (χ3v) is 2.74. The molecule has 2 aromatic rings. The Morgan fingerprint density at radius 3 is 1.29 bits per heavy atom. The molecule has 0 saturated carbocycles. The molecule has 0 aliphatic heterocycles. The molecule has 0 aliphatic rings. The van der Waals surface area contributed by atoms with Crippen molar-refractivity contribution in [2.45, 2.75) is 9.79 Å². The molecule has 0 saturated heterocycles. The van der Waals surface area contributed by atoms with Crippen molar-refractivity contribution in [2.24, 2.45) is 0 Å². The van der Waals surface area contributed by atoms with Crippen LogP contribution >= 0.6 is 11.8 Å². The summed E-state index contributed by atoms with van der Waals surface area (Å²) in [4.78, 5) is 2.57. The summed E-state index contributed by atoms with van der Waals surface area (Å²) in [6, 6.07) is 20.8. The van der Waals surface area contributed by atoms with Crippen LogP contribution in [0.5, 0.6) is 0 Å². The second kappa shape index (κ2) is 5.98. The predicted molar refractivity (Wildman–Crippen MR) is 64.2 cm³/mol. The topological polar surface area (TPSA) is 0 Å². The van der Waals surface area contributed by atoms with E-state index in [0.717, 1.165) is 0 Å². The molecule has 66 valence electrons. The Kier molecular flexibility index (Phi) is 4.90. The molecule has 0 aliphatic carbocycles. The molecule has 0 nitrogen and oxygen atoms in total. The maximum absolute atomic E-state index is 2.12. The van der Waals surface area contributed by atoms with Gasteiger partial charge in [0.1, 0.15) is 0 Å². The van der Waals surface area contributed by atoms with Crippen molar-refractivity contribution >= 4 is 30.6 Å². The van der Waals surface area contributed by atoms with E-state index < -0.39 is 0 Å². The van der Waals surface area contributed by atoms with E-state index in [-0.39, 0.29) is 18.9 Å². The predicted octanol–water partition coefficient (Wildman–Crippen LogP) is 3.19. The van der Waals surface area contributed by atoms with Crippen molar-refractivity contribution in [2.75, 3.05) is 0 Å². The van der Waals surface area contributed by atoms with Crippen LogP contribution in [0.25, 0.3) is 0 Å². The molecule has 0 aromatic heterocycles. The maximum Gasteiger partial charge on any atom is 0.0122 e. The van der Waals surface area contributed by atoms with Crippen LogP contribution < -0.4 is 0 Å². The van der Waals surface area contributed by atoms with Gasteiger partial charge in [-0.1, -0.05) is 48.2 Å². The second-order valence-corrected chi connectivity index (χ2v) is 3.88. The summed E-state index contributed by atoms with van der Waals surface area (Å²) in [7, 11) is 0. The zero-order chi connectivity index (χ0) is 8.93. The first-order valence-corrected chi connectivity index (χ1v) is 5.05. The molecule has 14 heavy (non-hydrogen) atoms.